The van der Waals surface area contributed by atoms with Crippen molar-refractivity contribution in [2.24, 2.45) is 11.3 Å². The molecular formula is C12H23NO2. The number of cyclic esters (lactones) is 1. The largest absolute Gasteiger partial charge is 0.449 e. The molecule has 0 spiro atoms. The fourth-order valence-electron chi connectivity index (χ4n) is 1.67. The minimum atomic E-state index is -0.178. The van der Waals surface area contributed by atoms with E-state index in [9.17, 15) is 4.79 Å². The van der Waals surface area contributed by atoms with Crippen LogP contribution in [-0.2, 0) is 4.74 Å². The summed E-state index contributed by atoms with van der Waals surface area (Å²) in [6.07, 6.45) is -0.178. The highest BCUT2D eigenvalue weighted by atomic mass is 16.6. The molecule has 1 amide bonds. The second-order valence-electron chi connectivity index (χ2n) is 6.42. The Labute approximate surface area is 92.8 Å². The molecule has 1 atom stereocenters. The van der Waals surface area contributed by atoms with Gasteiger partial charge in [-0.25, -0.2) is 4.79 Å². The van der Waals surface area contributed by atoms with Crippen molar-refractivity contribution in [2.75, 3.05) is 13.2 Å². The zero-order valence-corrected chi connectivity index (χ0v) is 10.8. The van der Waals surface area contributed by atoms with E-state index >= 15 is 0 Å². The van der Waals surface area contributed by atoms with Gasteiger partial charge < -0.3 is 9.64 Å². The first-order valence-electron chi connectivity index (χ1n) is 5.57. The van der Waals surface area contributed by atoms with Crippen LogP contribution in [0.2, 0.25) is 0 Å². The van der Waals surface area contributed by atoms with Crippen molar-refractivity contribution in [2.45, 2.75) is 47.1 Å². The van der Waals surface area contributed by atoms with Gasteiger partial charge in [-0.3, -0.25) is 0 Å². The molecule has 0 bridgehead atoms. The van der Waals surface area contributed by atoms with E-state index in [0.717, 1.165) is 6.54 Å². The van der Waals surface area contributed by atoms with Crippen LogP contribution in [0, 0.1) is 11.3 Å². The molecule has 0 aromatic carbocycles. The van der Waals surface area contributed by atoms with E-state index in [-0.39, 0.29) is 17.0 Å². The van der Waals surface area contributed by atoms with Crippen LogP contribution in [0.25, 0.3) is 0 Å². The summed E-state index contributed by atoms with van der Waals surface area (Å²) in [5.41, 5.74) is 0.0329. The zero-order valence-electron chi connectivity index (χ0n) is 10.8. The molecule has 1 unspecified atom stereocenters. The van der Waals surface area contributed by atoms with Crippen LogP contribution in [-0.4, -0.2) is 29.7 Å². The second-order valence-corrected chi connectivity index (χ2v) is 6.42. The second kappa shape index (κ2) is 3.69. The summed E-state index contributed by atoms with van der Waals surface area (Å²) in [4.78, 5) is 13.4. The maximum Gasteiger partial charge on any atom is 0.410 e. The van der Waals surface area contributed by atoms with E-state index in [1.54, 1.807) is 0 Å². The van der Waals surface area contributed by atoms with E-state index in [2.05, 4.69) is 20.8 Å². The van der Waals surface area contributed by atoms with Gasteiger partial charge in [-0.2, -0.15) is 0 Å². The summed E-state index contributed by atoms with van der Waals surface area (Å²) < 4.78 is 5.24. The number of hydrogen-bond donors (Lipinski definition) is 0. The highest BCUT2D eigenvalue weighted by Gasteiger charge is 2.38. The minimum absolute atomic E-state index is 0.152. The number of nitrogens with zero attached hydrogens (tertiary/aromatic N) is 1. The summed E-state index contributed by atoms with van der Waals surface area (Å²) >= 11 is 0. The van der Waals surface area contributed by atoms with Crippen LogP contribution in [0.15, 0.2) is 0 Å². The Morgan fingerprint density at radius 2 is 1.73 bits per heavy atom. The van der Waals surface area contributed by atoms with Gasteiger partial charge in [0.25, 0.3) is 0 Å². The highest BCUT2D eigenvalue weighted by Crippen LogP contribution is 2.32. The Morgan fingerprint density at radius 3 is 2.13 bits per heavy atom. The van der Waals surface area contributed by atoms with E-state index in [0.29, 0.717) is 12.5 Å². The molecule has 0 radical (unpaired) electrons. The number of hydrogen-bond acceptors (Lipinski definition) is 2. The Balaban J connectivity index is 2.78. The predicted octanol–water partition coefficient (Wildman–Crippen LogP) is 2.90. The van der Waals surface area contributed by atoms with Crippen molar-refractivity contribution < 1.29 is 9.53 Å². The average molecular weight is 213 g/mol. The minimum Gasteiger partial charge on any atom is -0.449 e. The highest BCUT2D eigenvalue weighted by molar-refractivity contribution is 5.69. The van der Waals surface area contributed by atoms with Crippen LogP contribution in [0.5, 0.6) is 0 Å². The molecule has 0 aliphatic carbocycles. The molecule has 1 saturated heterocycles. The maximum atomic E-state index is 11.6. The lowest BCUT2D eigenvalue weighted by atomic mass is 9.80. The first kappa shape index (κ1) is 12.3. The number of carbonyl (C=O) groups is 1. The third-order valence-corrected chi connectivity index (χ3v) is 3.07. The number of rotatable bonds is 0. The topological polar surface area (TPSA) is 29.5 Å². The number of carbonyl (C=O) groups excluding carboxylic acids is 1. The molecule has 3 nitrogen and oxygen atoms in total. The lowest BCUT2D eigenvalue weighted by Gasteiger charge is -2.44. The lowest BCUT2D eigenvalue weighted by Crippen LogP contribution is -2.54. The average Bonchev–Trinajstić information content (AvgIpc) is 2.00. The summed E-state index contributed by atoms with van der Waals surface area (Å²) in [7, 11) is 0. The molecule has 15 heavy (non-hydrogen) atoms. The van der Waals surface area contributed by atoms with Crippen molar-refractivity contribution in [3.63, 3.8) is 0 Å². The Bertz CT molecular complexity index is 247. The molecule has 1 heterocycles. The fourth-order valence-corrected chi connectivity index (χ4v) is 1.67. The zero-order chi connectivity index (χ0) is 11.9. The summed E-state index contributed by atoms with van der Waals surface area (Å²) in [6.45, 7) is 14.0. The SMILES string of the molecule is CC(C)(C)C1COC(=O)N(C(C)(C)C)C1. The van der Waals surface area contributed by atoms with Gasteiger partial charge in [-0.15, -0.1) is 0 Å². The Kier molecular flexibility index (Phi) is 3.04. The molecule has 88 valence electrons. The lowest BCUT2D eigenvalue weighted by molar-refractivity contribution is -0.0200. The Hall–Kier alpha value is -0.730. The standard InChI is InChI=1S/C12H23NO2/c1-11(2,3)9-7-13(12(4,5)6)10(14)15-8-9/h9H,7-8H2,1-6H3. The molecule has 3 heteroatoms. The third-order valence-electron chi connectivity index (χ3n) is 3.07. The summed E-state index contributed by atoms with van der Waals surface area (Å²) in [6, 6.07) is 0. The van der Waals surface area contributed by atoms with Crippen LogP contribution >= 0.6 is 0 Å². The van der Waals surface area contributed by atoms with Crippen molar-refractivity contribution in [3.8, 4) is 0 Å². The van der Waals surface area contributed by atoms with Gasteiger partial charge >= 0.3 is 6.09 Å². The van der Waals surface area contributed by atoms with E-state index < -0.39 is 0 Å². The van der Waals surface area contributed by atoms with Gasteiger partial charge in [-0.1, -0.05) is 20.8 Å². The fraction of sp³-hybridized carbons (Fsp3) is 0.917. The van der Waals surface area contributed by atoms with Crippen molar-refractivity contribution in [3.05, 3.63) is 0 Å². The van der Waals surface area contributed by atoms with Gasteiger partial charge in [0.15, 0.2) is 0 Å². The molecule has 0 aromatic rings. The maximum absolute atomic E-state index is 11.6. The normalized spacial score (nSPS) is 24.0. The van der Waals surface area contributed by atoms with E-state index in [4.69, 9.17) is 4.74 Å². The van der Waals surface area contributed by atoms with Crippen molar-refractivity contribution >= 4 is 6.09 Å². The molecule has 1 aliphatic rings. The molecule has 0 saturated carbocycles. The smallest absolute Gasteiger partial charge is 0.410 e. The number of amides is 1. The molecule has 1 aliphatic heterocycles. The predicted molar refractivity (Wildman–Crippen MR) is 60.8 cm³/mol. The van der Waals surface area contributed by atoms with Crippen LogP contribution in [0.4, 0.5) is 4.79 Å². The molecule has 1 rings (SSSR count). The quantitative estimate of drug-likeness (QED) is 0.619. The third kappa shape index (κ3) is 2.86. The van der Waals surface area contributed by atoms with Gasteiger partial charge in [-0.05, 0) is 26.2 Å². The van der Waals surface area contributed by atoms with Gasteiger partial charge in [0.05, 0.1) is 6.61 Å². The molecule has 1 fully saturated rings. The van der Waals surface area contributed by atoms with Gasteiger partial charge in [0, 0.05) is 18.0 Å². The summed E-state index contributed by atoms with van der Waals surface area (Å²) in [5.74, 6) is 0.412. The molecule has 0 aromatic heterocycles. The molecule has 0 N–H and O–H groups in total. The first-order chi connectivity index (χ1) is 6.62. The van der Waals surface area contributed by atoms with Crippen LogP contribution in [0.3, 0.4) is 0 Å². The van der Waals surface area contributed by atoms with E-state index in [1.165, 1.54) is 0 Å². The van der Waals surface area contributed by atoms with Crippen LogP contribution < -0.4 is 0 Å². The summed E-state index contributed by atoms with van der Waals surface area (Å²) in [5, 5.41) is 0. The van der Waals surface area contributed by atoms with Gasteiger partial charge in [0.1, 0.15) is 0 Å². The first-order valence-corrected chi connectivity index (χ1v) is 5.57. The Morgan fingerprint density at radius 1 is 1.20 bits per heavy atom. The van der Waals surface area contributed by atoms with Crippen molar-refractivity contribution in [1.29, 1.82) is 0 Å². The van der Waals surface area contributed by atoms with Gasteiger partial charge in [0.2, 0.25) is 0 Å². The van der Waals surface area contributed by atoms with Crippen LogP contribution in [0.1, 0.15) is 41.5 Å². The monoisotopic (exact) mass is 213 g/mol. The molecular weight excluding hydrogens is 190 g/mol. The number of ether oxygens (including phenoxy) is 1. The van der Waals surface area contributed by atoms with E-state index in [1.807, 2.05) is 25.7 Å². The van der Waals surface area contributed by atoms with Crippen molar-refractivity contribution in [1.82, 2.24) is 4.90 Å².